The van der Waals surface area contributed by atoms with Crippen molar-refractivity contribution in [1.29, 1.82) is 0 Å². The average Bonchev–Trinajstić information content (AvgIpc) is 2.96. The minimum Gasteiger partial charge on any atom is -0.331 e. The van der Waals surface area contributed by atoms with Crippen LogP contribution in [0, 0.1) is 0 Å². The first-order chi connectivity index (χ1) is 7.81. The highest BCUT2D eigenvalue weighted by Gasteiger charge is 2.08. The zero-order chi connectivity index (χ0) is 11.4. The van der Waals surface area contributed by atoms with Crippen LogP contribution in [0.1, 0.15) is 25.1 Å². The third kappa shape index (κ3) is 2.30. The number of hydrogen-bond donors (Lipinski definition) is 1. The number of imidazole rings is 1. The molecule has 0 aliphatic rings. The predicted octanol–water partition coefficient (Wildman–Crippen LogP) is 1.19. The van der Waals surface area contributed by atoms with Gasteiger partial charge in [0.25, 0.3) is 0 Å². The maximum atomic E-state index is 6.01. The van der Waals surface area contributed by atoms with Crippen LogP contribution in [-0.4, -0.2) is 19.3 Å². The Kier molecular flexibility index (Phi) is 3.36. The topological polar surface area (TPSA) is 61.7 Å². The third-order valence-electron chi connectivity index (χ3n) is 2.69. The van der Waals surface area contributed by atoms with Crippen LogP contribution in [0.5, 0.6) is 0 Å². The molecule has 5 nitrogen and oxygen atoms in total. The van der Waals surface area contributed by atoms with Gasteiger partial charge in [-0.15, -0.1) is 0 Å². The van der Waals surface area contributed by atoms with Gasteiger partial charge in [-0.1, -0.05) is 6.92 Å². The first kappa shape index (κ1) is 10.9. The minimum atomic E-state index is 0.0696. The van der Waals surface area contributed by atoms with E-state index < -0.39 is 0 Å². The van der Waals surface area contributed by atoms with E-state index in [2.05, 4.69) is 21.6 Å². The Labute approximate surface area is 94.9 Å². The van der Waals surface area contributed by atoms with Gasteiger partial charge in [0.1, 0.15) is 0 Å². The molecule has 2 heterocycles. The molecule has 0 aliphatic carbocycles. The quantitative estimate of drug-likeness (QED) is 0.821. The Balaban J connectivity index is 2.01. The molecular weight excluding hydrogens is 202 g/mol. The number of rotatable bonds is 5. The lowest BCUT2D eigenvalue weighted by Crippen LogP contribution is -2.16. The van der Waals surface area contributed by atoms with Crippen molar-refractivity contribution in [2.24, 2.45) is 5.73 Å². The maximum absolute atomic E-state index is 6.01. The van der Waals surface area contributed by atoms with Gasteiger partial charge in [0.15, 0.2) is 0 Å². The second-order valence-electron chi connectivity index (χ2n) is 3.80. The molecule has 0 spiro atoms. The summed E-state index contributed by atoms with van der Waals surface area (Å²) in [6.45, 7) is 3.77. The van der Waals surface area contributed by atoms with E-state index in [4.69, 9.17) is 5.73 Å². The van der Waals surface area contributed by atoms with E-state index in [1.807, 2.05) is 29.5 Å². The summed E-state index contributed by atoms with van der Waals surface area (Å²) >= 11 is 0. The van der Waals surface area contributed by atoms with Gasteiger partial charge in [-0.2, -0.15) is 5.10 Å². The molecule has 0 saturated heterocycles. The lowest BCUT2D eigenvalue weighted by molar-refractivity contribution is 0.506. The SMILES string of the molecule is CC[C@@H](N)c1cncn1CCn1cccn1. The molecule has 0 fully saturated rings. The lowest BCUT2D eigenvalue weighted by atomic mass is 10.2. The molecule has 0 saturated carbocycles. The summed E-state index contributed by atoms with van der Waals surface area (Å²) in [5.74, 6) is 0. The van der Waals surface area contributed by atoms with Crippen LogP contribution in [0.2, 0.25) is 0 Å². The van der Waals surface area contributed by atoms with Gasteiger partial charge in [0, 0.05) is 31.2 Å². The summed E-state index contributed by atoms with van der Waals surface area (Å²) < 4.78 is 4.00. The van der Waals surface area contributed by atoms with E-state index in [9.17, 15) is 0 Å². The van der Waals surface area contributed by atoms with Crippen LogP contribution in [0.3, 0.4) is 0 Å². The van der Waals surface area contributed by atoms with E-state index in [0.29, 0.717) is 0 Å². The van der Waals surface area contributed by atoms with Crippen molar-refractivity contribution in [3.05, 3.63) is 36.7 Å². The number of nitrogens with zero attached hydrogens (tertiary/aromatic N) is 4. The van der Waals surface area contributed by atoms with Crippen molar-refractivity contribution < 1.29 is 0 Å². The molecule has 1 atom stereocenters. The number of aryl methyl sites for hydroxylation is 2. The fraction of sp³-hybridized carbons (Fsp3) is 0.455. The van der Waals surface area contributed by atoms with Gasteiger partial charge in [0.05, 0.1) is 18.6 Å². The third-order valence-corrected chi connectivity index (χ3v) is 2.69. The Morgan fingerprint density at radius 1 is 1.44 bits per heavy atom. The summed E-state index contributed by atoms with van der Waals surface area (Å²) in [7, 11) is 0. The van der Waals surface area contributed by atoms with Crippen molar-refractivity contribution in [2.45, 2.75) is 32.5 Å². The zero-order valence-electron chi connectivity index (χ0n) is 9.45. The maximum Gasteiger partial charge on any atom is 0.0949 e. The molecule has 0 unspecified atom stereocenters. The van der Waals surface area contributed by atoms with E-state index in [1.165, 1.54) is 0 Å². The molecule has 2 aromatic heterocycles. The van der Waals surface area contributed by atoms with Gasteiger partial charge < -0.3 is 10.3 Å². The van der Waals surface area contributed by atoms with E-state index >= 15 is 0 Å². The van der Waals surface area contributed by atoms with E-state index in [0.717, 1.165) is 25.2 Å². The summed E-state index contributed by atoms with van der Waals surface area (Å²) in [6, 6.07) is 1.99. The Bertz CT molecular complexity index is 417. The fourth-order valence-electron chi connectivity index (χ4n) is 1.68. The van der Waals surface area contributed by atoms with Gasteiger partial charge in [-0.25, -0.2) is 4.98 Å². The van der Waals surface area contributed by atoms with E-state index in [1.54, 1.807) is 6.20 Å². The Hall–Kier alpha value is -1.62. The van der Waals surface area contributed by atoms with Gasteiger partial charge in [-0.05, 0) is 12.5 Å². The van der Waals surface area contributed by atoms with Crippen LogP contribution in [-0.2, 0) is 13.1 Å². The highest BCUT2D eigenvalue weighted by atomic mass is 15.3. The monoisotopic (exact) mass is 219 g/mol. The molecule has 0 bridgehead atoms. The highest BCUT2D eigenvalue weighted by molar-refractivity contribution is 5.04. The fourth-order valence-corrected chi connectivity index (χ4v) is 1.68. The molecule has 0 radical (unpaired) electrons. The second kappa shape index (κ2) is 4.94. The van der Waals surface area contributed by atoms with Crippen LogP contribution >= 0.6 is 0 Å². The molecule has 2 N–H and O–H groups in total. The molecule has 0 aliphatic heterocycles. The van der Waals surface area contributed by atoms with Crippen LogP contribution in [0.25, 0.3) is 0 Å². The molecule has 5 heteroatoms. The van der Waals surface area contributed by atoms with Gasteiger partial charge in [0.2, 0.25) is 0 Å². The molecule has 2 rings (SSSR count). The molecular formula is C11H17N5. The largest absolute Gasteiger partial charge is 0.331 e. The molecule has 0 aromatic carbocycles. The second-order valence-corrected chi connectivity index (χ2v) is 3.80. The highest BCUT2D eigenvalue weighted by Crippen LogP contribution is 2.12. The van der Waals surface area contributed by atoms with Gasteiger partial charge >= 0.3 is 0 Å². The van der Waals surface area contributed by atoms with Gasteiger partial charge in [-0.3, -0.25) is 4.68 Å². The molecule has 2 aromatic rings. The summed E-state index contributed by atoms with van der Waals surface area (Å²) in [5, 5.41) is 4.16. The normalized spacial score (nSPS) is 12.9. The summed E-state index contributed by atoms with van der Waals surface area (Å²) in [6.07, 6.45) is 8.34. The zero-order valence-corrected chi connectivity index (χ0v) is 9.45. The predicted molar refractivity (Wildman–Crippen MR) is 61.7 cm³/mol. The Morgan fingerprint density at radius 2 is 2.31 bits per heavy atom. The van der Waals surface area contributed by atoms with Crippen molar-refractivity contribution in [2.75, 3.05) is 0 Å². The molecule has 16 heavy (non-hydrogen) atoms. The number of hydrogen-bond acceptors (Lipinski definition) is 3. The summed E-state index contributed by atoms with van der Waals surface area (Å²) in [5.41, 5.74) is 7.10. The number of aromatic nitrogens is 4. The minimum absolute atomic E-state index is 0.0696. The van der Waals surface area contributed by atoms with Crippen molar-refractivity contribution in [3.8, 4) is 0 Å². The standard InChI is InChI=1S/C11H17N5/c1-2-10(12)11-8-13-9-15(11)6-7-16-5-3-4-14-16/h3-5,8-10H,2,6-7,12H2,1H3/t10-/m1/s1. The van der Waals surface area contributed by atoms with E-state index in [-0.39, 0.29) is 6.04 Å². The first-order valence-corrected chi connectivity index (χ1v) is 5.54. The van der Waals surface area contributed by atoms with Crippen molar-refractivity contribution >= 4 is 0 Å². The smallest absolute Gasteiger partial charge is 0.0949 e. The average molecular weight is 219 g/mol. The van der Waals surface area contributed by atoms with Crippen molar-refractivity contribution in [1.82, 2.24) is 19.3 Å². The molecule has 0 amide bonds. The van der Waals surface area contributed by atoms with Crippen LogP contribution in [0.15, 0.2) is 31.0 Å². The van der Waals surface area contributed by atoms with Crippen molar-refractivity contribution in [3.63, 3.8) is 0 Å². The molecule has 86 valence electrons. The lowest BCUT2D eigenvalue weighted by Gasteiger charge is -2.12. The Morgan fingerprint density at radius 3 is 3.00 bits per heavy atom. The van der Waals surface area contributed by atoms with Crippen LogP contribution < -0.4 is 5.73 Å². The first-order valence-electron chi connectivity index (χ1n) is 5.54. The summed E-state index contributed by atoms with van der Waals surface area (Å²) in [4.78, 5) is 4.14. The van der Waals surface area contributed by atoms with Crippen LogP contribution in [0.4, 0.5) is 0 Å². The number of nitrogens with two attached hydrogens (primary N) is 1.